The molecule has 1 aromatic heterocycles. The van der Waals surface area contributed by atoms with Crippen LogP contribution in [0.1, 0.15) is 39.3 Å². The van der Waals surface area contributed by atoms with Gasteiger partial charge in [-0.15, -0.1) is 0 Å². The van der Waals surface area contributed by atoms with Gasteiger partial charge in [0, 0.05) is 18.4 Å². The summed E-state index contributed by atoms with van der Waals surface area (Å²) in [5.41, 5.74) is 1.29. The molecule has 1 N–H and O–H groups in total. The molecule has 2 atom stereocenters. The van der Waals surface area contributed by atoms with E-state index in [9.17, 15) is 0 Å². The summed E-state index contributed by atoms with van der Waals surface area (Å²) in [6.07, 6.45) is 3.79. The van der Waals surface area contributed by atoms with E-state index in [1.54, 1.807) is 0 Å². The molecule has 0 aromatic carbocycles. The molecule has 84 valence electrons. The fraction of sp³-hybridized carbons (Fsp3) is 0.615. The lowest BCUT2D eigenvalue weighted by molar-refractivity contribution is 0.307. The number of nitrogens with one attached hydrogen (secondary N) is 1. The first-order valence-electron chi connectivity index (χ1n) is 5.80. The Balaban J connectivity index is 2.83. The maximum Gasteiger partial charge on any atom is 0.0363 e. The van der Waals surface area contributed by atoms with Crippen LogP contribution in [0, 0.1) is 11.8 Å². The molecule has 0 saturated heterocycles. The molecule has 0 fully saturated rings. The zero-order valence-electron chi connectivity index (χ0n) is 10.2. The molecule has 0 radical (unpaired) electrons. The summed E-state index contributed by atoms with van der Waals surface area (Å²) in [6, 6.07) is 4.58. The van der Waals surface area contributed by atoms with Crippen LogP contribution in [0.15, 0.2) is 24.5 Å². The van der Waals surface area contributed by atoms with Crippen molar-refractivity contribution < 1.29 is 0 Å². The zero-order valence-corrected chi connectivity index (χ0v) is 10.2. The molecule has 0 saturated carbocycles. The smallest absolute Gasteiger partial charge is 0.0363 e. The minimum atomic E-state index is 0.420. The van der Waals surface area contributed by atoms with Gasteiger partial charge in [0.05, 0.1) is 0 Å². The summed E-state index contributed by atoms with van der Waals surface area (Å²) >= 11 is 0. The molecule has 0 spiro atoms. The summed E-state index contributed by atoms with van der Waals surface area (Å²) in [7, 11) is 0. The third kappa shape index (κ3) is 3.31. The Morgan fingerprint density at radius 2 is 2.07 bits per heavy atom. The number of pyridine rings is 1. The topological polar surface area (TPSA) is 24.9 Å². The average Bonchev–Trinajstić information content (AvgIpc) is 2.26. The highest BCUT2D eigenvalue weighted by Gasteiger charge is 2.20. The van der Waals surface area contributed by atoms with Crippen molar-refractivity contribution in [3.63, 3.8) is 0 Å². The lowest BCUT2D eigenvalue weighted by Gasteiger charge is -2.27. The minimum Gasteiger partial charge on any atom is -0.310 e. The fourth-order valence-corrected chi connectivity index (χ4v) is 1.77. The summed E-state index contributed by atoms with van der Waals surface area (Å²) in [6.45, 7) is 9.98. The molecular weight excluding hydrogens is 184 g/mol. The van der Waals surface area contributed by atoms with Crippen LogP contribution in [0.5, 0.6) is 0 Å². The van der Waals surface area contributed by atoms with Crippen LogP contribution in [-0.2, 0) is 0 Å². The van der Waals surface area contributed by atoms with Gasteiger partial charge in [0.15, 0.2) is 0 Å². The van der Waals surface area contributed by atoms with E-state index in [4.69, 9.17) is 0 Å². The summed E-state index contributed by atoms with van der Waals surface area (Å²) in [5.74, 6) is 1.29. The van der Waals surface area contributed by atoms with Crippen molar-refractivity contribution in [2.75, 3.05) is 6.54 Å². The minimum absolute atomic E-state index is 0.420. The highest BCUT2D eigenvalue weighted by Crippen LogP contribution is 2.26. The molecule has 0 aliphatic rings. The molecule has 2 heteroatoms. The van der Waals surface area contributed by atoms with Gasteiger partial charge >= 0.3 is 0 Å². The lowest BCUT2D eigenvalue weighted by atomic mass is 9.86. The van der Waals surface area contributed by atoms with E-state index < -0.39 is 0 Å². The summed E-state index contributed by atoms with van der Waals surface area (Å²) in [5, 5.41) is 3.54. The Labute approximate surface area is 93.1 Å². The molecule has 1 rings (SSSR count). The van der Waals surface area contributed by atoms with Gasteiger partial charge in [0.1, 0.15) is 0 Å². The first kappa shape index (κ1) is 12.2. The van der Waals surface area contributed by atoms with Gasteiger partial charge < -0.3 is 5.32 Å². The van der Waals surface area contributed by atoms with Crippen LogP contribution >= 0.6 is 0 Å². The van der Waals surface area contributed by atoms with Gasteiger partial charge in [-0.05, 0) is 30.0 Å². The monoisotopic (exact) mass is 206 g/mol. The maximum absolute atomic E-state index is 4.19. The molecule has 2 nitrogen and oxygen atoms in total. The molecule has 0 aliphatic heterocycles. The quantitative estimate of drug-likeness (QED) is 0.801. The van der Waals surface area contributed by atoms with Gasteiger partial charge in [-0.2, -0.15) is 0 Å². The van der Waals surface area contributed by atoms with Gasteiger partial charge in [-0.25, -0.2) is 0 Å². The second-order valence-corrected chi connectivity index (χ2v) is 4.42. The van der Waals surface area contributed by atoms with Gasteiger partial charge in [0.2, 0.25) is 0 Å². The van der Waals surface area contributed by atoms with Crippen LogP contribution in [0.25, 0.3) is 0 Å². The van der Waals surface area contributed by atoms with E-state index in [2.05, 4.69) is 44.1 Å². The number of nitrogens with zero attached hydrogens (tertiary/aromatic N) is 1. The predicted molar refractivity (Wildman–Crippen MR) is 64.7 cm³/mol. The number of aromatic nitrogens is 1. The summed E-state index contributed by atoms with van der Waals surface area (Å²) < 4.78 is 0. The number of hydrogen-bond donors (Lipinski definition) is 1. The van der Waals surface area contributed by atoms with E-state index in [-0.39, 0.29) is 0 Å². The highest BCUT2D eigenvalue weighted by molar-refractivity contribution is 5.14. The number of rotatable bonds is 5. The Morgan fingerprint density at radius 3 is 2.53 bits per heavy atom. The van der Waals surface area contributed by atoms with Crippen LogP contribution in [0.4, 0.5) is 0 Å². The van der Waals surface area contributed by atoms with Gasteiger partial charge in [-0.1, -0.05) is 33.8 Å². The van der Waals surface area contributed by atoms with Crippen molar-refractivity contribution >= 4 is 0 Å². The Bertz CT molecular complexity index is 269. The molecule has 0 bridgehead atoms. The summed E-state index contributed by atoms with van der Waals surface area (Å²) in [4.78, 5) is 4.19. The average molecular weight is 206 g/mol. The molecule has 1 aromatic rings. The van der Waals surface area contributed by atoms with Crippen molar-refractivity contribution in [3.05, 3.63) is 30.1 Å². The first-order valence-corrected chi connectivity index (χ1v) is 5.80. The fourth-order valence-electron chi connectivity index (χ4n) is 1.77. The Morgan fingerprint density at radius 1 is 1.33 bits per heavy atom. The molecule has 0 aliphatic carbocycles. The highest BCUT2D eigenvalue weighted by atomic mass is 14.9. The third-order valence-electron chi connectivity index (χ3n) is 3.04. The molecule has 15 heavy (non-hydrogen) atoms. The van der Waals surface area contributed by atoms with Gasteiger partial charge in [-0.3, -0.25) is 4.98 Å². The maximum atomic E-state index is 4.19. The Hall–Kier alpha value is -0.890. The first-order chi connectivity index (χ1) is 7.16. The van der Waals surface area contributed by atoms with Crippen LogP contribution < -0.4 is 5.32 Å². The van der Waals surface area contributed by atoms with Crippen molar-refractivity contribution in [2.24, 2.45) is 11.8 Å². The van der Waals surface area contributed by atoms with E-state index in [1.165, 1.54) is 5.56 Å². The number of hydrogen-bond acceptors (Lipinski definition) is 2. The van der Waals surface area contributed by atoms with E-state index >= 15 is 0 Å². The van der Waals surface area contributed by atoms with Crippen molar-refractivity contribution in [2.45, 2.75) is 33.7 Å². The molecule has 0 amide bonds. The van der Waals surface area contributed by atoms with Crippen LogP contribution in [0.2, 0.25) is 0 Å². The van der Waals surface area contributed by atoms with Crippen molar-refractivity contribution in [1.82, 2.24) is 10.3 Å². The Kier molecular flexibility index (Phi) is 4.76. The molecular formula is C13H22N2. The lowest BCUT2D eigenvalue weighted by Crippen LogP contribution is -2.29. The standard InChI is InChI=1S/C13H22N2/c1-5-15-13(11(4)10(2)3)12-7-6-8-14-9-12/h6-11,13,15H,5H2,1-4H3. The van der Waals surface area contributed by atoms with Gasteiger partial charge in [0.25, 0.3) is 0 Å². The zero-order chi connectivity index (χ0) is 11.3. The van der Waals surface area contributed by atoms with Crippen LogP contribution in [0.3, 0.4) is 0 Å². The second-order valence-electron chi connectivity index (χ2n) is 4.42. The third-order valence-corrected chi connectivity index (χ3v) is 3.04. The van der Waals surface area contributed by atoms with Crippen molar-refractivity contribution in [3.8, 4) is 0 Å². The van der Waals surface area contributed by atoms with E-state index in [0.29, 0.717) is 17.9 Å². The van der Waals surface area contributed by atoms with Crippen molar-refractivity contribution in [1.29, 1.82) is 0 Å². The van der Waals surface area contributed by atoms with E-state index in [0.717, 1.165) is 6.54 Å². The normalized spacial score (nSPS) is 15.3. The molecule has 2 unspecified atom stereocenters. The second kappa shape index (κ2) is 5.86. The van der Waals surface area contributed by atoms with E-state index in [1.807, 2.05) is 18.5 Å². The largest absolute Gasteiger partial charge is 0.310 e. The van der Waals surface area contributed by atoms with Crippen LogP contribution in [-0.4, -0.2) is 11.5 Å². The predicted octanol–water partition coefficient (Wildman–Crippen LogP) is 3.02. The SMILES string of the molecule is CCNC(c1cccnc1)C(C)C(C)C. The molecule has 1 heterocycles.